The number of rotatable bonds is 6. The third-order valence-electron chi connectivity index (χ3n) is 3.87. The van der Waals surface area contributed by atoms with Gasteiger partial charge in [0.2, 0.25) is 0 Å². The fourth-order valence-electron chi connectivity index (χ4n) is 2.37. The fraction of sp³-hybridized carbons (Fsp3) is 0.444. The highest BCUT2D eigenvalue weighted by Gasteiger charge is 2.21. The lowest BCUT2D eigenvalue weighted by Crippen LogP contribution is -2.44. The van der Waals surface area contributed by atoms with E-state index < -0.39 is 0 Å². The molecule has 2 rings (SSSR count). The molecule has 0 atom stereocenters. The minimum absolute atomic E-state index is 0. The summed E-state index contributed by atoms with van der Waals surface area (Å²) in [6.45, 7) is 8.12. The van der Waals surface area contributed by atoms with Crippen LogP contribution in [0.4, 0.5) is 0 Å². The van der Waals surface area contributed by atoms with Gasteiger partial charge < -0.3 is 10.6 Å². The minimum atomic E-state index is 0. The van der Waals surface area contributed by atoms with Gasteiger partial charge in [0.25, 0.3) is 0 Å². The number of thiazole rings is 1. The zero-order valence-corrected chi connectivity index (χ0v) is 19.8. The molecular weight excluding hydrogens is 511 g/mol. The SMILES string of the molecule is CN=C(NCCc1csc(C)n1)NCC(C)(C)c1cccc(Br)c1.I. The smallest absolute Gasteiger partial charge is 0.191 e. The Bertz CT molecular complexity index is 700. The second-order valence-corrected chi connectivity index (χ2v) is 8.33. The van der Waals surface area contributed by atoms with Crippen molar-refractivity contribution in [2.75, 3.05) is 20.1 Å². The first-order valence-corrected chi connectivity index (χ1v) is 9.69. The lowest BCUT2D eigenvalue weighted by molar-refractivity contribution is 0.508. The molecule has 0 amide bonds. The molecule has 0 radical (unpaired) electrons. The zero-order valence-electron chi connectivity index (χ0n) is 15.1. The number of aromatic nitrogens is 1. The van der Waals surface area contributed by atoms with E-state index in [1.54, 1.807) is 18.4 Å². The van der Waals surface area contributed by atoms with Crippen LogP contribution in [0.25, 0.3) is 0 Å². The average Bonchev–Trinajstić information content (AvgIpc) is 2.96. The van der Waals surface area contributed by atoms with Crippen LogP contribution in [0.2, 0.25) is 0 Å². The number of nitrogens with one attached hydrogen (secondary N) is 2. The summed E-state index contributed by atoms with van der Waals surface area (Å²) in [4.78, 5) is 8.79. The molecule has 25 heavy (non-hydrogen) atoms. The van der Waals surface area contributed by atoms with E-state index in [2.05, 4.69) is 74.0 Å². The third kappa shape index (κ3) is 7.22. The summed E-state index contributed by atoms with van der Waals surface area (Å²) in [7, 11) is 1.80. The van der Waals surface area contributed by atoms with Crippen molar-refractivity contribution in [3.63, 3.8) is 0 Å². The predicted octanol–water partition coefficient (Wildman–Crippen LogP) is 4.52. The highest BCUT2D eigenvalue weighted by Crippen LogP contribution is 2.25. The van der Waals surface area contributed by atoms with E-state index in [4.69, 9.17) is 0 Å². The number of hydrogen-bond acceptors (Lipinski definition) is 3. The molecule has 0 unspecified atom stereocenters. The quantitative estimate of drug-likeness (QED) is 0.324. The van der Waals surface area contributed by atoms with Gasteiger partial charge in [-0.25, -0.2) is 4.98 Å². The normalized spacial score (nSPS) is 11.8. The van der Waals surface area contributed by atoms with Crippen LogP contribution in [0.3, 0.4) is 0 Å². The molecule has 1 heterocycles. The number of aryl methyl sites for hydroxylation is 1. The molecule has 0 bridgehead atoms. The van der Waals surface area contributed by atoms with Gasteiger partial charge in [0.05, 0.1) is 10.7 Å². The molecule has 0 saturated heterocycles. The van der Waals surface area contributed by atoms with Crippen LogP contribution in [0.5, 0.6) is 0 Å². The van der Waals surface area contributed by atoms with Gasteiger partial charge in [-0.15, -0.1) is 35.3 Å². The summed E-state index contributed by atoms with van der Waals surface area (Å²) in [5.74, 6) is 0.824. The van der Waals surface area contributed by atoms with Crippen molar-refractivity contribution in [2.24, 2.45) is 4.99 Å². The second kappa shape index (κ2) is 10.5. The van der Waals surface area contributed by atoms with Gasteiger partial charge in [-0.05, 0) is 24.6 Å². The molecule has 0 aliphatic heterocycles. The van der Waals surface area contributed by atoms with Gasteiger partial charge in [-0.2, -0.15) is 0 Å². The largest absolute Gasteiger partial charge is 0.356 e. The minimum Gasteiger partial charge on any atom is -0.356 e. The molecule has 7 heteroatoms. The molecule has 0 saturated carbocycles. The highest BCUT2D eigenvalue weighted by atomic mass is 127. The first-order chi connectivity index (χ1) is 11.4. The van der Waals surface area contributed by atoms with E-state index in [0.717, 1.165) is 40.6 Å². The van der Waals surface area contributed by atoms with Crippen molar-refractivity contribution >= 4 is 57.2 Å². The topological polar surface area (TPSA) is 49.3 Å². The summed E-state index contributed by atoms with van der Waals surface area (Å²) in [5, 5.41) is 10.0. The molecule has 0 aliphatic rings. The highest BCUT2D eigenvalue weighted by molar-refractivity contribution is 14.0. The van der Waals surface area contributed by atoms with Crippen molar-refractivity contribution in [2.45, 2.75) is 32.6 Å². The lowest BCUT2D eigenvalue weighted by Gasteiger charge is -2.27. The number of aliphatic imine (C=N–C) groups is 1. The van der Waals surface area contributed by atoms with Crippen molar-refractivity contribution in [3.05, 3.63) is 50.4 Å². The Kier molecular flexibility index (Phi) is 9.37. The monoisotopic (exact) mass is 536 g/mol. The Morgan fingerprint density at radius 3 is 2.68 bits per heavy atom. The van der Waals surface area contributed by atoms with Crippen LogP contribution in [-0.4, -0.2) is 31.1 Å². The third-order valence-corrected chi connectivity index (χ3v) is 5.18. The molecule has 4 nitrogen and oxygen atoms in total. The summed E-state index contributed by atoms with van der Waals surface area (Å²) in [6, 6.07) is 8.45. The molecule has 138 valence electrons. The Balaban J connectivity index is 0.00000312. The number of halogens is 2. The van der Waals surface area contributed by atoms with Crippen LogP contribution in [0.1, 0.15) is 30.1 Å². The Morgan fingerprint density at radius 2 is 2.08 bits per heavy atom. The van der Waals surface area contributed by atoms with Crippen molar-refractivity contribution in [3.8, 4) is 0 Å². The van der Waals surface area contributed by atoms with E-state index in [1.165, 1.54) is 5.56 Å². The maximum atomic E-state index is 4.48. The van der Waals surface area contributed by atoms with Crippen molar-refractivity contribution in [1.82, 2.24) is 15.6 Å². The second-order valence-electron chi connectivity index (χ2n) is 6.35. The van der Waals surface area contributed by atoms with Crippen LogP contribution in [0.15, 0.2) is 39.1 Å². The summed E-state index contributed by atoms with van der Waals surface area (Å²) < 4.78 is 1.11. The van der Waals surface area contributed by atoms with Crippen LogP contribution in [0, 0.1) is 6.92 Å². The van der Waals surface area contributed by atoms with Crippen LogP contribution < -0.4 is 10.6 Å². The molecule has 1 aromatic carbocycles. The molecule has 2 N–H and O–H groups in total. The van der Waals surface area contributed by atoms with E-state index in [9.17, 15) is 0 Å². The van der Waals surface area contributed by atoms with E-state index in [0.29, 0.717) is 0 Å². The number of guanidine groups is 1. The Labute approximate surface area is 180 Å². The zero-order chi connectivity index (χ0) is 17.6. The number of benzene rings is 1. The molecule has 0 aliphatic carbocycles. The number of hydrogen-bond donors (Lipinski definition) is 2. The van der Waals surface area contributed by atoms with Gasteiger partial charge >= 0.3 is 0 Å². The Hall–Kier alpha value is -0.670. The first-order valence-electron chi connectivity index (χ1n) is 8.02. The van der Waals surface area contributed by atoms with Crippen molar-refractivity contribution in [1.29, 1.82) is 0 Å². The Morgan fingerprint density at radius 1 is 1.32 bits per heavy atom. The summed E-state index contributed by atoms with van der Waals surface area (Å²) in [5.41, 5.74) is 2.43. The first kappa shape index (κ1) is 22.4. The van der Waals surface area contributed by atoms with Crippen LogP contribution in [-0.2, 0) is 11.8 Å². The number of nitrogens with zero attached hydrogens (tertiary/aromatic N) is 2. The average molecular weight is 537 g/mol. The maximum Gasteiger partial charge on any atom is 0.191 e. The van der Waals surface area contributed by atoms with Gasteiger partial charge in [-0.1, -0.05) is 41.9 Å². The lowest BCUT2D eigenvalue weighted by atomic mass is 9.85. The summed E-state index contributed by atoms with van der Waals surface area (Å²) >= 11 is 5.24. The van der Waals surface area contributed by atoms with Gasteiger partial charge in [0, 0.05) is 41.8 Å². The molecule has 0 fully saturated rings. The van der Waals surface area contributed by atoms with E-state index >= 15 is 0 Å². The van der Waals surface area contributed by atoms with Gasteiger partial charge in [-0.3, -0.25) is 4.99 Å². The van der Waals surface area contributed by atoms with E-state index in [1.807, 2.05) is 13.0 Å². The van der Waals surface area contributed by atoms with E-state index in [-0.39, 0.29) is 29.4 Å². The molecular formula is C18H26BrIN4S. The standard InChI is InChI=1S/C18H25BrN4S.HI/c1-13-23-16(11-24-13)8-9-21-17(20-4)22-12-18(2,3)14-6-5-7-15(19)10-14;/h5-7,10-11H,8-9,12H2,1-4H3,(H2,20,21,22);1H. The molecule has 2 aromatic rings. The van der Waals surface area contributed by atoms with Crippen molar-refractivity contribution < 1.29 is 0 Å². The molecule has 1 aromatic heterocycles. The predicted molar refractivity (Wildman–Crippen MR) is 123 cm³/mol. The van der Waals surface area contributed by atoms with Gasteiger partial charge in [0.1, 0.15) is 0 Å². The summed E-state index contributed by atoms with van der Waals surface area (Å²) in [6.07, 6.45) is 0.903. The maximum absolute atomic E-state index is 4.48. The molecule has 0 spiro atoms. The fourth-order valence-corrected chi connectivity index (χ4v) is 3.42. The van der Waals surface area contributed by atoms with Crippen LogP contribution >= 0.6 is 51.2 Å². The van der Waals surface area contributed by atoms with Gasteiger partial charge in [0.15, 0.2) is 5.96 Å².